The predicted molar refractivity (Wildman–Crippen MR) is 162 cm³/mol. The van der Waals surface area contributed by atoms with Crippen LogP contribution in [0.3, 0.4) is 0 Å². The van der Waals surface area contributed by atoms with Crippen LogP contribution in [-0.4, -0.2) is 80.8 Å². The highest BCUT2D eigenvalue weighted by Crippen LogP contribution is 2.30. The van der Waals surface area contributed by atoms with Gasteiger partial charge in [-0.1, -0.05) is 66.7 Å². The number of hydrogen-bond donors (Lipinski definition) is 2. The van der Waals surface area contributed by atoms with E-state index in [1.54, 1.807) is 50.2 Å². The summed E-state index contributed by atoms with van der Waals surface area (Å²) in [5.74, 6) is -0.302. The molecule has 2 atom stereocenters. The third-order valence-electron chi connectivity index (χ3n) is 8.16. The van der Waals surface area contributed by atoms with Crippen molar-refractivity contribution in [1.82, 2.24) is 25.1 Å². The first-order valence-electron chi connectivity index (χ1n) is 14.4. The molecule has 43 heavy (non-hydrogen) atoms. The number of aromatic hydroxyl groups is 1. The number of fused-ring (bicyclic) bond motifs is 2. The molecule has 4 amide bonds. The maximum atomic E-state index is 14.2. The summed E-state index contributed by atoms with van der Waals surface area (Å²) in [7, 11) is 0. The fourth-order valence-corrected chi connectivity index (χ4v) is 6.10. The largest absolute Gasteiger partial charge is 0.508 e. The minimum absolute atomic E-state index is 0.0662. The second-order valence-electron chi connectivity index (χ2n) is 11.0. The predicted octanol–water partition coefficient (Wildman–Crippen LogP) is 3.06. The summed E-state index contributed by atoms with van der Waals surface area (Å²) in [4.78, 5) is 49.5. The zero-order valence-corrected chi connectivity index (χ0v) is 23.8. The molecule has 3 aromatic rings. The summed E-state index contributed by atoms with van der Waals surface area (Å²) >= 11 is 0. The van der Waals surface area contributed by atoms with Crippen molar-refractivity contribution in [3.8, 4) is 5.75 Å². The Labute approximate surface area is 250 Å². The first-order chi connectivity index (χ1) is 20.9. The second-order valence-corrected chi connectivity index (χ2v) is 11.0. The number of carbonyl (C=O) groups is 3. The van der Waals surface area contributed by atoms with Gasteiger partial charge in [-0.3, -0.25) is 14.6 Å². The van der Waals surface area contributed by atoms with E-state index in [1.807, 2.05) is 54.7 Å². The Balaban J connectivity index is 1.35. The number of piperazine rings is 1. The molecule has 0 radical (unpaired) electrons. The van der Waals surface area contributed by atoms with Crippen LogP contribution in [0, 0.1) is 0 Å². The van der Waals surface area contributed by atoms with Gasteiger partial charge in [0.1, 0.15) is 18.0 Å². The molecule has 0 unspecified atom stereocenters. The fraction of sp³-hybridized carbons (Fsp3) is 0.273. The minimum Gasteiger partial charge on any atom is -0.508 e. The highest BCUT2D eigenvalue weighted by molar-refractivity contribution is 5.92. The molecular weight excluding hydrogens is 544 g/mol. The summed E-state index contributed by atoms with van der Waals surface area (Å²) in [6.45, 7) is 5.45. The molecule has 0 saturated carbocycles. The lowest BCUT2D eigenvalue weighted by atomic mass is 9.97. The van der Waals surface area contributed by atoms with Crippen LogP contribution in [0.15, 0.2) is 90.4 Å². The highest BCUT2D eigenvalue weighted by Gasteiger charge is 2.51. The molecule has 3 aliphatic rings. The van der Waals surface area contributed by atoms with Crippen molar-refractivity contribution < 1.29 is 19.5 Å². The quantitative estimate of drug-likeness (QED) is 0.400. The van der Waals surface area contributed by atoms with Gasteiger partial charge < -0.3 is 20.2 Å². The van der Waals surface area contributed by atoms with Gasteiger partial charge in [0, 0.05) is 37.8 Å². The van der Waals surface area contributed by atoms with Crippen molar-refractivity contribution in [1.29, 1.82) is 0 Å². The molecule has 10 heteroatoms. The minimum atomic E-state index is -0.837. The fourth-order valence-electron chi connectivity index (χ4n) is 6.10. The van der Waals surface area contributed by atoms with Crippen LogP contribution in [0.4, 0.5) is 4.79 Å². The molecule has 2 fully saturated rings. The first kappa shape index (κ1) is 28.2. The van der Waals surface area contributed by atoms with Gasteiger partial charge in [0.2, 0.25) is 11.8 Å². The maximum Gasteiger partial charge on any atom is 0.334 e. The van der Waals surface area contributed by atoms with Crippen LogP contribution in [-0.2, 0) is 35.6 Å². The molecule has 0 aliphatic carbocycles. The average Bonchev–Trinajstić information content (AvgIpc) is 3.50. The number of phenolic OH excluding ortho intramolecular Hbond substituents is 1. The van der Waals surface area contributed by atoms with E-state index in [0.29, 0.717) is 19.6 Å². The number of hydrazine groups is 1. The lowest BCUT2D eigenvalue weighted by Crippen LogP contribution is -2.76. The topological polar surface area (TPSA) is 109 Å². The van der Waals surface area contributed by atoms with E-state index >= 15 is 0 Å². The molecule has 3 heterocycles. The van der Waals surface area contributed by atoms with Crippen LogP contribution < -0.4 is 5.32 Å². The molecule has 10 nitrogen and oxygen atoms in total. The summed E-state index contributed by atoms with van der Waals surface area (Å²) in [5, 5.41) is 16.1. The van der Waals surface area contributed by atoms with Crippen molar-refractivity contribution in [2.24, 2.45) is 4.99 Å². The van der Waals surface area contributed by atoms with Crippen LogP contribution >= 0.6 is 0 Å². The number of aliphatic imine (C=N–C) groups is 1. The number of phenols is 1. The normalized spacial score (nSPS) is 19.8. The molecule has 3 aromatic carbocycles. The van der Waals surface area contributed by atoms with Crippen molar-refractivity contribution in [3.05, 3.63) is 113 Å². The molecule has 0 spiro atoms. The van der Waals surface area contributed by atoms with E-state index in [9.17, 15) is 19.5 Å². The van der Waals surface area contributed by atoms with Gasteiger partial charge in [-0.2, -0.15) is 0 Å². The van der Waals surface area contributed by atoms with Crippen molar-refractivity contribution in [2.45, 2.75) is 38.3 Å². The van der Waals surface area contributed by atoms with Gasteiger partial charge in [0.15, 0.2) is 0 Å². The van der Waals surface area contributed by atoms with Crippen LogP contribution in [0.25, 0.3) is 0 Å². The zero-order chi connectivity index (χ0) is 29.9. The Morgan fingerprint density at radius 1 is 1.02 bits per heavy atom. The van der Waals surface area contributed by atoms with Crippen LogP contribution in [0.2, 0.25) is 0 Å². The number of carbonyl (C=O) groups excluding carboxylic acids is 3. The van der Waals surface area contributed by atoms with Gasteiger partial charge >= 0.3 is 6.03 Å². The first-order valence-corrected chi connectivity index (χ1v) is 14.4. The number of urea groups is 1. The van der Waals surface area contributed by atoms with E-state index in [0.717, 1.165) is 27.8 Å². The van der Waals surface area contributed by atoms with E-state index in [1.165, 1.54) is 0 Å². The molecule has 2 N–H and O–H groups in total. The summed E-state index contributed by atoms with van der Waals surface area (Å²) in [6.07, 6.45) is 3.01. The Bertz CT molecular complexity index is 1560. The third kappa shape index (κ3) is 5.74. The van der Waals surface area contributed by atoms with E-state index in [-0.39, 0.29) is 49.7 Å². The second kappa shape index (κ2) is 12.1. The number of nitrogens with zero attached hydrogens (tertiary/aromatic N) is 5. The van der Waals surface area contributed by atoms with Crippen molar-refractivity contribution in [2.75, 3.05) is 19.6 Å². The molecule has 0 bridgehead atoms. The number of hydrogen-bond acceptors (Lipinski definition) is 6. The number of nitrogens with one attached hydrogen (secondary N) is 1. The van der Waals surface area contributed by atoms with Gasteiger partial charge in [-0.25, -0.2) is 14.8 Å². The van der Waals surface area contributed by atoms with Gasteiger partial charge in [0.25, 0.3) is 0 Å². The van der Waals surface area contributed by atoms with Crippen molar-refractivity contribution in [3.63, 3.8) is 0 Å². The Morgan fingerprint density at radius 2 is 1.81 bits per heavy atom. The van der Waals surface area contributed by atoms with Crippen molar-refractivity contribution >= 4 is 24.1 Å². The molecule has 3 aliphatic heterocycles. The Kier molecular flexibility index (Phi) is 7.93. The summed E-state index contributed by atoms with van der Waals surface area (Å²) < 4.78 is 0. The van der Waals surface area contributed by atoms with E-state index in [2.05, 4.69) is 16.9 Å². The average molecular weight is 579 g/mol. The van der Waals surface area contributed by atoms with Gasteiger partial charge in [0.05, 0.1) is 19.6 Å². The SMILES string of the molecule is C=CCN1CC(=O)N2[C@@H](Cc3ccc(O)cc3)C(=O)N(Cc3cccc4c3C=NC4)C[C@@H]2N1C(=O)NCc1ccccc1. The Morgan fingerprint density at radius 3 is 2.58 bits per heavy atom. The lowest BCUT2D eigenvalue weighted by molar-refractivity contribution is -0.189. The third-order valence-corrected chi connectivity index (χ3v) is 8.16. The monoisotopic (exact) mass is 578 g/mol. The Hall–Kier alpha value is -4.96. The standard InChI is InChI=1S/C33H34N6O4/c1-2-15-37-22-31(41)38-29(16-23-11-13-27(40)14-12-23)32(42)36(20-26-10-6-9-25-18-34-19-28(25)26)21-30(38)39(37)33(43)35-17-24-7-4-3-5-8-24/h2-14,19,29-30,40H,1,15-18,20-22H2,(H,35,43)/t29-,30-/m0/s1. The molecule has 2 saturated heterocycles. The zero-order valence-electron chi connectivity index (χ0n) is 23.8. The summed E-state index contributed by atoms with van der Waals surface area (Å²) in [5.41, 5.74) is 4.83. The number of benzene rings is 3. The van der Waals surface area contributed by atoms with E-state index < -0.39 is 12.2 Å². The van der Waals surface area contributed by atoms with Crippen LogP contribution in [0.1, 0.15) is 27.8 Å². The van der Waals surface area contributed by atoms with E-state index in [4.69, 9.17) is 0 Å². The molecule has 0 aromatic heterocycles. The number of rotatable bonds is 8. The highest BCUT2D eigenvalue weighted by atomic mass is 16.3. The van der Waals surface area contributed by atoms with Gasteiger partial charge in [-0.15, -0.1) is 6.58 Å². The number of amides is 4. The van der Waals surface area contributed by atoms with Crippen LogP contribution in [0.5, 0.6) is 5.75 Å². The lowest BCUT2D eigenvalue weighted by Gasteiger charge is -2.55. The maximum absolute atomic E-state index is 14.2. The molecule has 220 valence electrons. The summed E-state index contributed by atoms with van der Waals surface area (Å²) in [6, 6.07) is 21.0. The molecule has 6 rings (SSSR count). The van der Waals surface area contributed by atoms with Gasteiger partial charge in [-0.05, 0) is 34.4 Å². The smallest absolute Gasteiger partial charge is 0.334 e. The molecular formula is C33H34N6O4.